The van der Waals surface area contributed by atoms with Gasteiger partial charge in [-0.25, -0.2) is 4.98 Å². The molecule has 5 nitrogen and oxygen atoms in total. The predicted octanol–water partition coefficient (Wildman–Crippen LogP) is 3.28. The Hall–Kier alpha value is -2.18. The summed E-state index contributed by atoms with van der Waals surface area (Å²) >= 11 is 1.55. The number of carbonyl (C=O) groups excluding carboxylic acids is 1. The first-order valence-corrected chi connectivity index (χ1v) is 8.46. The van der Waals surface area contributed by atoms with Crippen molar-refractivity contribution in [1.82, 2.24) is 15.6 Å². The smallest absolute Gasteiger partial charge is 0.287 e. The van der Waals surface area contributed by atoms with Crippen LogP contribution in [0.4, 0.5) is 0 Å². The molecule has 0 spiro atoms. The monoisotopic (exact) mass is 329 g/mol. The first-order chi connectivity index (χ1) is 11.2. The minimum atomic E-state index is -0.206. The normalized spacial score (nSPS) is 12.4. The van der Waals surface area contributed by atoms with Crippen molar-refractivity contribution < 1.29 is 9.21 Å². The number of carbonyl (C=O) groups is 1. The van der Waals surface area contributed by atoms with Gasteiger partial charge in [-0.1, -0.05) is 19.1 Å². The van der Waals surface area contributed by atoms with Crippen LogP contribution in [0.5, 0.6) is 0 Å². The average Bonchev–Trinajstić information content (AvgIpc) is 3.19. The highest BCUT2D eigenvalue weighted by atomic mass is 32.1. The van der Waals surface area contributed by atoms with Gasteiger partial charge in [-0.3, -0.25) is 4.79 Å². The Morgan fingerprint density at radius 3 is 2.91 bits per heavy atom. The van der Waals surface area contributed by atoms with Crippen LogP contribution in [0.3, 0.4) is 0 Å². The van der Waals surface area contributed by atoms with Gasteiger partial charge in [-0.2, -0.15) is 0 Å². The Bertz CT molecular complexity index is 776. The van der Waals surface area contributed by atoms with E-state index in [1.54, 1.807) is 23.5 Å². The van der Waals surface area contributed by atoms with Crippen molar-refractivity contribution in [3.63, 3.8) is 0 Å². The third-order valence-electron chi connectivity index (χ3n) is 3.46. The number of para-hydroxylation sites is 1. The summed E-state index contributed by atoms with van der Waals surface area (Å²) < 4.78 is 6.77. The molecule has 0 saturated heterocycles. The van der Waals surface area contributed by atoms with E-state index in [2.05, 4.69) is 15.6 Å². The summed E-state index contributed by atoms with van der Waals surface area (Å²) in [6, 6.07) is 11.6. The van der Waals surface area contributed by atoms with Crippen molar-refractivity contribution in [2.75, 3.05) is 13.1 Å². The molecule has 0 unspecified atom stereocenters. The van der Waals surface area contributed by atoms with Crippen molar-refractivity contribution in [2.45, 2.75) is 19.9 Å². The third-order valence-corrected chi connectivity index (χ3v) is 4.51. The molecular formula is C17H19N3O2S. The highest BCUT2D eigenvalue weighted by Gasteiger charge is 2.15. The second kappa shape index (κ2) is 6.93. The van der Waals surface area contributed by atoms with E-state index in [0.717, 1.165) is 21.8 Å². The maximum absolute atomic E-state index is 12.1. The molecule has 6 heteroatoms. The summed E-state index contributed by atoms with van der Waals surface area (Å²) in [5.74, 6) is 0.723. The van der Waals surface area contributed by atoms with Crippen LogP contribution >= 0.6 is 11.3 Å². The number of nitrogens with one attached hydrogen (secondary N) is 2. The molecule has 0 saturated carbocycles. The fourth-order valence-corrected chi connectivity index (χ4v) is 3.23. The van der Waals surface area contributed by atoms with E-state index in [-0.39, 0.29) is 11.9 Å². The fraction of sp³-hybridized carbons (Fsp3) is 0.294. The van der Waals surface area contributed by atoms with Crippen LogP contribution in [0.1, 0.15) is 24.4 Å². The topological polar surface area (TPSA) is 67.2 Å². The van der Waals surface area contributed by atoms with Crippen LogP contribution in [0.2, 0.25) is 0 Å². The highest BCUT2D eigenvalue weighted by Crippen LogP contribution is 2.31. The second-order valence-electron chi connectivity index (χ2n) is 5.32. The molecular weight excluding hydrogens is 310 g/mol. The predicted molar refractivity (Wildman–Crippen MR) is 92.8 cm³/mol. The zero-order valence-electron chi connectivity index (χ0n) is 13.1. The Morgan fingerprint density at radius 1 is 1.30 bits per heavy atom. The fourth-order valence-electron chi connectivity index (χ4n) is 2.31. The molecule has 2 N–H and O–H groups in total. The van der Waals surface area contributed by atoms with E-state index in [1.165, 1.54) is 0 Å². The lowest BCUT2D eigenvalue weighted by Crippen LogP contribution is -2.38. The summed E-state index contributed by atoms with van der Waals surface area (Å²) in [6.07, 6.45) is 0. The van der Waals surface area contributed by atoms with Crippen molar-refractivity contribution >= 4 is 27.5 Å². The Kier molecular flexibility index (Phi) is 4.73. The lowest BCUT2D eigenvalue weighted by Gasteiger charge is -2.12. The number of aromatic nitrogens is 1. The summed E-state index contributed by atoms with van der Waals surface area (Å²) in [5, 5.41) is 6.89. The minimum Gasteiger partial charge on any atom is -0.448 e. The van der Waals surface area contributed by atoms with Gasteiger partial charge in [0.25, 0.3) is 5.91 Å². The first-order valence-electron chi connectivity index (χ1n) is 7.64. The third kappa shape index (κ3) is 3.60. The molecule has 2 aromatic heterocycles. The lowest BCUT2D eigenvalue weighted by molar-refractivity contribution is 0.0923. The van der Waals surface area contributed by atoms with Crippen molar-refractivity contribution in [3.05, 3.63) is 42.2 Å². The molecule has 3 aromatic rings. The van der Waals surface area contributed by atoms with Crippen LogP contribution < -0.4 is 10.6 Å². The quantitative estimate of drug-likeness (QED) is 0.728. The van der Waals surface area contributed by atoms with Crippen LogP contribution in [-0.4, -0.2) is 30.0 Å². The molecule has 1 amide bonds. The number of rotatable bonds is 6. The van der Waals surface area contributed by atoms with Gasteiger partial charge in [0.2, 0.25) is 0 Å². The van der Waals surface area contributed by atoms with Crippen LogP contribution in [0.25, 0.3) is 21.0 Å². The molecule has 1 atom stereocenters. The zero-order chi connectivity index (χ0) is 16.2. The van der Waals surface area contributed by atoms with Crippen LogP contribution in [0.15, 0.2) is 40.8 Å². The Morgan fingerprint density at radius 2 is 2.13 bits per heavy atom. The Balaban J connectivity index is 1.71. The van der Waals surface area contributed by atoms with Gasteiger partial charge >= 0.3 is 0 Å². The molecule has 2 heterocycles. The van der Waals surface area contributed by atoms with Crippen molar-refractivity contribution in [2.24, 2.45) is 0 Å². The van der Waals surface area contributed by atoms with Gasteiger partial charge in [0.05, 0.1) is 10.2 Å². The van der Waals surface area contributed by atoms with Crippen LogP contribution in [0, 0.1) is 0 Å². The number of likely N-dealkylation sites (N-methyl/N-ethyl adjacent to an activating group) is 1. The molecule has 0 aliphatic rings. The van der Waals surface area contributed by atoms with Gasteiger partial charge in [-0.05, 0) is 37.7 Å². The molecule has 0 aliphatic heterocycles. The number of fused-ring (bicyclic) bond motifs is 1. The summed E-state index contributed by atoms with van der Waals surface area (Å²) in [7, 11) is 0. The Labute approximate surface area is 138 Å². The minimum absolute atomic E-state index is 0.206. The summed E-state index contributed by atoms with van der Waals surface area (Å²) in [6.45, 7) is 5.50. The molecule has 120 valence electrons. The van der Waals surface area contributed by atoms with Gasteiger partial charge in [0.15, 0.2) is 16.5 Å². The van der Waals surface area contributed by atoms with Gasteiger partial charge in [-0.15, -0.1) is 11.3 Å². The van der Waals surface area contributed by atoms with Gasteiger partial charge in [0, 0.05) is 12.6 Å². The lowest BCUT2D eigenvalue weighted by atomic mass is 10.3. The average molecular weight is 329 g/mol. The number of furan rings is 1. The van der Waals surface area contributed by atoms with E-state index >= 15 is 0 Å². The van der Waals surface area contributed by atoms with E-state index < -0.39 is 0 Å². The largest absolute Gasteiger partial charge is 0.448 e. The maximum Gasteiger partial charge on any atom is 0.287 e. The van der Waals surface area contributed by atoms with Crippen molar-refractivity contribution in [3.8, 4) is 10.8 Å². The number of nitrogens with zero attached hydrogens (tertiary/aromatic N) is 1. The zero-order valence-corrected chi connectivity index (χ0v) is 13.9. The maximum atomic E-state index is 12.1. The van der Waals surface area contributed by atoms with E-state index in [9.17, 15) is 4.79 Å². The van der Waals surface area contributed by atoms with Gasteiger partial charge in [0.1, 0.15) is 0 Å². The summed E-state index contributed by atoms with van der Waals surface area (Å²) in [5.41, 5.74) is 0.939. The van der Waals surface area contributed by atoms with Crippen molar-refractivity contribution in [1.29, 1.82) is 0 Å². The molecule has 0 bridgehead atoms. The highest BCUT2D eigenvalue weighted by molar-refractivity contribution is 7.21. The second-order valence-corrected chi connectivity index (χ2v) is 6.35. The summed E-state index contributed by atoms with van der Waals surface area (Å²) in [4.78, 5) is 16.7. The molecule has 0 radical (unpaired) electrons. The molecule has 0 fully saturated rings. The standard InChI is InChI=1S/C17H19N3O2S/c1-3-18-11(2)10-19-16(21)13-8-9-14(22-13)17-20-12-6-4-5-7-15(12)23-17/h4-9,11,18H,3,10H2,1-2H3,(H,19,21)/t11-/m1/s1. The van der Waals surface area contributed by atoms with Gasteiger partial charge < -0.3 is 15.1 Å². The number of hydrogen-bond donors (Lipinski definition) is 2. The number of hydrogen-bond acceptors (Lipinski definition) is 5. The van der Waals surface area contributed by atoms with E-state index in [0.29, 0.717) is 18.1 Å². The number of benzene rings is 1. The first kappa shape index (κ1) is 15.7. The molecule has 0 aliphatic carbocycles. The molecule has 3 rings (SSSR count). The number of thiazole rings is 1. The van der Waals surface area contributed by atoms with E-state index in [4.69, 9.17) is 4.42 Å². The molecule has 1 aromatic carbocycles. The SMILES string of the molecule is CCN[C@H](C)CNC(=O)c1ccc(-c2nc3ccccc3s2)o1. The number of amides is 1. The van der Waals surface area contributed by atoms with Crippen LogP contribution in [-0.2, 0) is 0 Å². The van der Waals surface area contributed by atoms with E-state index in [1.807, 2.05) is 38.1 Å². The molecule has 23 heavy (non-hydrogen) atoms.